The summed E-state index contributed by atoms with van der Waals surface area (Å²) < 4.78 is 13.1. The van der Waals surface area contributed by atoms with Crippen molar-refractivity contribution in [3.8, 4) is 0 Å². The lowest BCUT2D eigenvalue weighted by atomic mass is 10.1. The Hall–Kier alpha value is -2.56. The van der Waals surface area contributed by atoms with Crippen LogP contribution in [0.15, 0.2) is 42.5 Å². The third kappa shape index (κ3) is 2.42. The predicted molar refractivity (Wildman–Crippen MR) is 77.8 cm³/mol. The van der Waals surface area contributed by atoms with Gasteiger partial charge in [0.2, 0.25) is 0 Å². The van der Waals surface area contributed by atoms with Gasteiger partial charge in [-0.15, -0.1) is 0 Å². The fourth-order valence-electron chi connectivity index (χ4n) is 2.23. The molecule has 0 spiro atoms. The van der Waals surface area contributed by atoms with E-state index in [1.807, 2.05) is 12.1 Å². The number of benzene rings is 2. The molecule has 0 radical (unpaired) electrons. The summed E-state index contributed by atoms with van der Waals surface area (Å²) in [5.41, 5.74) is 2.67. The molecule has 0 aromatic heterocycles. The smallest absolute Gasteiger partial charge is 0.257 e. The zero-order valence-electron chi connectivity index (χ0n) is 10.7. The molecule has 3 rings (SSSR count). The lowest BCUT2D eigenvalue weighted by Crippen LogP contribution is -2.24. The largest absolute Gasteiger partial charge is 0.382 e. The van der Waals surface area contributed by atoms with Crippen LogP contribution in [0, 0.1) is 5.82 Å². The van der Waals surface area contributed by atoms with Crippen LogP contribution in [0.25, 0.3) is 0 Å². The van der Waals surface area contributed by atoms with E-state index in [9.17, 15) is 9.18 Å². The number of amides is 1. The first-order chi connectivity index (χ1) is 9.74. The first kappa shape index (κ1) is 12.5. The topological polar surface area (TPSA) is 53.2 Å². The standard InChI is InChI=1S/C15H14FN3O/c16-10-3-1-4-11(9-10)19-15(20)12-5-2-6-13-14(12)18-8-7-17-13/h1-6,9,17-18H,7-8H2,(H,19,20). The number of para-hydroxylation sites is 1. The molecule has 0 fully saturated rings. The van der Waals surface area contributed by atoms with Gasteiger partial charge in [-0.05, 0) is 30.3 Å². The van der Waals surface area contributed by atoms with Crippen LogP contribution in [0.3, 0.4) is 0 Å². The minimum atomic E-state index is -0.377. The highest BCUT2D eigenvalue weighted by Gasteiger charge is 2.17. The molecule has 0 bridgehead atoms. The Kier molecular flexibility index (Phi) is 3.25. The summed E-state index contributed by atoms with van der Waals surface area (Å²) in [4.78, 5) is 12.3. The highest BCUT2D eigenvalue weighted by atomic mass is 19.1. The Morgan fingerprint density at radius 3 is 2.75 bits per heavy atom. The van der Waals surface area contributed by atoms with Gasteiger partial charge in [-0.1, -0.05) is 12.1 Å². The Morgan fingerprint density at radius 2 is 1.90 bits per heavy atom. The van der Waals surface area contributed by atoms with Gasteiger partial charge in [0.15, 0.2) is 0 Å². The van der Waals surface area contributed by atoms with Crippen molar-refractivity contribution in [3.63, 3.8) is 0 Å². The van der Waals surface area contributed by atoms with E-state index in [0.717, 1.165) is 24.5 Å². The first-order valence-corrected chi connectivity index (χ1v) is 6.42. The summed E-state index contributed by atoms with van der Waals surface area (Å²) >= 11 is 0. The Morgan fingerprint density at radius 1 is 1.10 bits per heavy atom. The third-order valence-electron chi connectivity index (χ3n) is 3.13. The summed E-state index contributed by atoms with van der Waals surface area (Å²) in [5.74, 6) is -0.638. The molecule has 0 unspecified atom stereocenters. The minimum Gasteiger partial charge on any atom is -0.382 e. The molecule has 0 saturated carbocycles. The van der Waals surface area contributed by atoms with Gasteiger partial charge >= 0.3 is 0 Å². The van der Waals surface area contributed by atoms with Gasteiger partial charge in [-0.3, -0.25) is 4.79 Å². The van der Waals surface area contributed by atoms with E-state index < -0.39 is 0 Å². The summed E-state index contributed by atoms with van der Waals surface area (Å²) in [6, 6.07) is 11.3. The van der Waals surface area contributed by atoms with E-state index >= 15 is 0 Å². The number of hydrogen-bond donors (Lipinski definition) is 3. The Balaban J connectivity index is 1.88. The summed E-state index contributed by atoms with van der Waals surface area (Å²) in [5, 5.41) is 9.14. The Labute approximate surface area is 116 Å². The van der Waals surface area contributed by atoms with Crippen molar-refractivity contribution < 1.29 is 9.18 Å². The molecule has 102 valence electrons. The lowest BCUT2D eigenvalue weighted by Gasteiger charge is -2.22. The van der Waals surface area contributed by atoms with Crippen LogP contribution in [0.5, 0.6) is 0 Å². The molecule has 1 amide bonds. The van der Waals surface area contributed by atoms with Gasteiger partial charge in [-0.2, -0.15) is 0 Å². The average molecular weight is 271 g/mol. The van der Waals surface area contributed by atoms with Crippen LogP contribution < -0.4 is 16.0 Å². The van der Waals surface area contributed by atoms with Crippen molar-refractivity contribution in [2.45, 2.75) is 0 Å². The van der Waals surface area contributed by atoms with Crippen molar-refractivity contribution in [1.82, 2.24) is 0 Å². The van der Waals surface area contributed by atoms with Crippen molar-refractivity contribution in [3.05, 3.63) is 53.8 Å². The number of rotatable bonds is 2. The van der Waals surface area contributed by atoms with Gasteiger partial charge in [0.1, 0.15) is 5.82 Å². The number of nitrogens with one attached hydrogen (secondary N) is 3. The molecule has 2 aromatic carbocycles. The van der Waals surface area contributed by atoms with Gasteiger partial charge < -0.3 is 16.0 Å². The molecule has 0 saturated heterocycles. The minimum absolute atomic E-state index is 0.261. The van der Waals surface area contributed by atoms with Crippen LogP contribution in [0.4, 0.5) is 21.5 Å². The van der Waals surface area contributed by atoms with Crippen molar-refractivity contribution >= 4 is 23.0 Å². The molecule has 0 aliphatic carbocycles. The van der Waals surface area contributed by atoms with E-state index in [2.05, 4.69) is 16.0 Å². The number of halogens is 1. The normalized spacial score (nSPS) is 12.8. The monoisotopic (exact) mass is 271 g/mol. The quantitative estimate of drug-likeness (QED) is 0.787. The van der Waals surface area contributed by atoms with Crippen LogP contribution in [0.2, 0.25) is 0 Å². The highest BCUT2D eigenvalue weighted by molar-refractivity contribution is 6.10. The fourth-order valence-corrected chi connectivity index (χ4v) is 2.23. The molecule has 20 heavy (non-hydrogen) atoms. The van der Waals surface area contributed by atoms with E-state index in [-0.39, 0.29) is 11.7 Å². The molecule has 3 N–H and O–H groups in total. The number of carbonyl (C=O) groups is 1. The van der Waals surface area contributed by atoms with Crippen molar-refractivity contribution in [2.24, 2.45) is 0 Å². The maximum absolute atomic E-state index is 13.1. The van der Waals surface area contributed by atoms with Crippen LogP contribution >= 0.6 is 0 Å². The highest BCUT2D eigenvalue weighted by Crippen LogP contribution is 2.28. The van der Waals surface area contributed by atoms with E-state index in [4.69, 9.17) is 0 Å². The molecule has 0 atom stereocenters. The number of carbonyl (C=O) groups excluding carboxylic acids is 1. The van der Waals surface area contributed by atoms with Gasteiger partial charge in [0.25, 0.3) is 5.91 Å². The second-order valence-corrected chi connectivity index (χ2v) is 4.55. The summed E-state index contributed by atoms with van der Waals surface area (Å²) in [7, 11) is 0. The predicted octanol–water partition coefficient (Wildman–Crippen LogP) is 2.92. The number of hydrogen-bond acceptors (Lipinski definition) is 3. The van der Waals surface area contributed by atoms with Crippen LogP contribution in [-0.4, -0.2) is 19.0 Å². The third-order valence-corrected chi connectivity index (χ3v) is 3.13. The molecule has 1 heterocycles. The zero-order chi connectivity index (χ0) is 13.9. The summed E-state index contributed by atoms with van der Waals surface area (Å²) in [6.45, 7) is 1.58. The number of fused-ring (bicyclic) bond motifs is 1. The maximum atomic E-state index is 13.1. The van der Waals surface area contributed by atoms with Crippen molar-refractivity contribution in [2.75, 3.05) is 29.0 Å². The second-order valence-electron chi connectivity index (χ2n) is 4.55. The SMILES string of the molecule is O=C(Nc1cccc(F)c1)c1cccc2c1NCCN2. The molecule has 1 aliphatic heterocycles. The van der Waals surface area contributed by atoms with Crippen LogP contribution in [-0.2, 0) is 0 Å². The van der Waals surface area contributed by atoms with E-state index in [1.165, 1.54) is 12.1 Å². The number of anilines is 3. The molecule has 1 aliphatic rings. The first-order valence-electron chi connectivity index (χ1n) is 6.42. The lowest BCUT2D eigenvalue weighted by molar-refractivity contribution is 0.102. The van der Waals surface area contributed by atoms with E-state index in [0.29, 0.717) is 11.3 Å². The molecule has 5 heteroatoms. The second kappa shape index (κ2) is 5.21. The Bertz CT molecular complexity index is 657. The maximum Gasteiger partial charge on any atom is 0.257 e. The van der Waals surface area contributed by atoms with Crippen LogP contribution in [0.1, 0.15) is 10.4 Å². The molecule has 2 aromatic rings. The zero-order valence-corrected chi connectivity index (χ0v) is 10.7. The van der Waals surface area contributed by atoms with E-state index in [1.54, 1.807) is 18.2 Å². The van der Waals surface area contributed by atoms with Gasteiger partial charge in [0, 0.05) is 18.8 Å². The summed E-state index contributed by atoms with van der Waals surface area (Å²) in [6.07, 6.45) is 0. The molecule has 4 nitrogen and oxygen atoms in total. The van der Waals surface area contributed by atoms with Gasteiger partial charge in [0.05, 0.1) is 16.9 Å². The van der Waals surface area contributed by atoms with Crippen molar-refractivity contribution in [1.29, 1.82) is 0 Å². The molecular weight excluding hydrogens is 257 g/mol. The molecular formula is C15H14FN3O. The average Bonchev–Trinajstić information content (AvgIpc) is 2.46. The fraction of sp³-hybridized carbons (Fsp3) is 0.133. The van der Waals surface area contributed by atoms with Gasteiger partial charge in [-0.25, -0.2) is 4.39 Å².